The number of rotatable bonds is 0. The molecule has 27 heavy (non-hydrogen) atoms. The predicted molar refractivity (Wildman–Crippen MR) is 109 cm³/mol. The van der Waals surface area contributed by atoms with Gasteiger partial charge >= 0.3 is 0 Å². The second-order valence-electron chi connectivity index (χ2n) is 9.92. The van der Waals surface area contributed by atoms with Gasteiger partial charge in [0, 0.05) is 30.9 Å². The first-order valence-electron chi connectivity index (χ1n) is 9.84. The molecule has 1 nitrogen and oxygen atoms in total. The number of nitrogens with zero attached hydrogens (tertiary/aromatic N) is 1. The molecule has 3 aromatic rings. The monoisotopic (exact) mass is 360 g/mol. The molecule has 0 saturated carbocycles. The number of benzene rings is 2. The predicted octanol–water partition coefficient (Wildman–Crippen LogP) is 5.91. The average molecular weight is 360 g/mol. The van der Waals surface area contributed by atoms with Crippen molar-refractivity contribution < 1.29 is 8.96 Å². The van der Waals surface area contributed by atoms with Crippen LogP contribution >= 0.6 is 0 Å². The molecule has 1 aliphatic heterocycles. The summed E-state index contributed by atoms with van der Waals surface area (Å²) in [6.45, 7) is 15.5. The van der Waals surface area contributed by atoms with Gasteiger partial charge in [0.15, 0.2) is 11.7 Å². The van der Waals surface area contributed by atoms with Crippen LogP contribution in [0.15, 0.2) is 36.5 Å². The fourth-order valence-corrected chi connectivity index (χ4v) is 5.44. The number of aromatic nitrogens is 1. The van der Waals surface area contributed by atoms with Crippen LogP contribution in [0.4, 0.5) is 4.39 Å². The molecule has 138 valence electrons. The van der Waals surface area contributed by atoms with E-state index in [-0.39, 0.29) is 22.2 Å². The van der Waals surface area contributed by atoms with Crippen LogP contribution in [0.25, 0.3) is 22.0 Å². The largest absolute Gasteiger partial charge is 0.221 e. The number of halogens is 1. The normalized spacial score (nSPS) is 20.0. The molecule has 1 aromatic heterocycles. The first-order chi connectivity index (χ1) is 12.5. The first kappa shape index (κ1) is 16.9. The van der Waals surface area contributed by atoms with Crippen molar-refractivity contribution in [3.05, 3.63) is 64.6 Å². The van der Waals surface area contributed by atoms with E-state index in [2.05, 4.69) is 82.6 Å². The van der Waals surface area contributed by atoms with Crippen LogP contribution in [0, 0.1) is 12.7 Å². The second-order valence-corrected chi connectivity index (χ2v) is 9.92. The van der Waals surface area contributed by atoms with Crippen molar-refractivity contribution in [2.24, 2.45) is 0 Å². The summed E-state index contributed by atoms with van der Waals surface area (Å²) in [6, 6.07) is 10.8. The number of hydrogen-bond acceptors (Lipinski definition) is 0. The van der Waals surface area contributed by atoms with Gasteiger partial charge in [-0.1, -0.05) is 38.1 Å². The van der Waals surface area contributed by atoms with E-state index in [9.17, 15) is 0 Å². The molecule has 0 N–H and O–H groups in total. The molecule has 2 heterocycles. The minimum absolute atomic E-state index is 0.0488. The quantitative estimate of drug-likeness (QED) is 0.439. The van der Waals surface area contributed by atoms with Gasteiger partial charge in [-0.15, -0.1) is 0 Å². The molecule has 0 atom stereocenters. The van der Waals surface area contributed by atoms with Gasteiger partial charge in [-0.3, -0.25) is 0 Å². The van der Waals surface area contributed by atoms with Gasteiger partial charge in [0.25, 0.3) is 0 Å². The minimum atomic E-state index is -0.372. The summed E-state index contributed by atoms with van der Waals surface area (Å²) >= 11 is 0. The third kappa shape index (κ3) is 1.69. The van der Waals surface area contributed by atoms with Gasteiger partial charge in [-0.2, -0.15) is 4.57 Å². The zero-order chi connectivity index (χ0) is 19.5. The van der Waals surface area contributed by atoms with Crippen molar-refractivity contribution in [2.75, 3.05) is 0 Å². The Morgan fingerprint density at radius 2 is 1.63 bits per heavy atom. The summed E-state index contributed by atoms with van der Waals surface area (Å²) in [4.78, 5) is 0. The summed E-state index contributed by atoms with van der Waals surface area (Å²) in [6.07, 6.45) is 2.20. The lowest BCUT2D eigenvalue weighted by Crippen LogP contribution is -2.66. The van der Waals surface area contributed by atoms with Gasteiger partial charge in [0.05, 0.1) is 16.4 Å². The fraction of sp³-hybridized carbons (Fsp3) is 0.400. The summed E-state index contributed by atoms with van der Waals surface area (Å²) in [5.74, 6) is -0.0488. The topological polar surface area (TPSA) is 3.88 Å². The highest BCUT2D eigenvalue weighted by molar-refractivity contribution is 6.01. The molecule has 0 radical (unpaired) electrons. The Morgan fingerprint density at radius 3 is 2.33 bits per heavy atom. The van der Waals surface area contributed by atoms with Gasteiger partial charge in [0.1, 0.15) is 5.82 Å². The maximum atomic E-state index is 15.6. The van der Waals surface area contributed by atoms with E-state index in [4.69, 9.17) is 0 Å². The van der Waals surface area contributed by atoms with E-state index >= 15 is 4.39 Å². The standard InChI is InChI=1S/C25H27FN/c1-14-13-17-19-20(21(14)26)23(2,3)16-10-8-9-15-11-12-27(22(19)18(15)16)25(6,7)24(17,4)5/h8-13H,1-7H3/q+1. The maximum Gasteiger partial charge on any atom is 0.221 e. The van der Waals surface area contributed by atoms with Crippen molar-refractivity contribution in [1.29, 1.82) is 0 Å². The average Bonchev–Trinajstić information content (AvgIpc) is 2.59. The Kier molecular flexibility index (Phi) is 2.88. The minimum Gasteiger partial charge on any atom is -0.206 e. The van der Waals surface area contributed by atoms with Gasteiger partial charge < -0.3 is 0 Å². The van der Waals surface area contributed by atoms with E-state index in [1.54, 1.807) is 0 Å². The lowest BCUT2D eigenvalue weighted by atomic mass is 9.59. The van der Waals surface area contributed by atoms with E-state index in [0.717, 1.165) is 16.7 Å². The molecule has 2 heteroatoms. The van der Waals surface area contributed by atoms with E-state index < -0.39 is 0 Å². The summed E-state index contributed by atoms with van der Waals surface area (Å²) in [5.41, 5.74) is 5.81. The van der Waals surface area contributed by atoms with Crippen molar-refractivity contribution in [1.82, 2.24) is 0 Å². The highest BCUT2D eigenvalue weighted by atomic mass is 19.1. The SMILES string of the molecule is Cc1cc2c3c(c1F)C(C)(C)c1cccc4cc[n+](c-3c14)C(C)(C)C2(C)C. The molecule has 2 aromatic carbocycles. The molecular weight excluding hydrogens is 333 g/mol. The van der Waals surface area contributed by atoms with Crippen molar-refractivity contribution >= 4 is 10.8 Å². The molecule has 0 fully saturated rings. The Balaban J connectivity index is 2.16. The zero-order valence-electron chi connectivity index (χ0n) is 17.3. The molecule has 0 unspecified atom stereocenters. The third-order valence-electron chi connectivity index (χ3n) is 7.76. The van der Waals surface area contributed by atoms with E-state index in [1.165, 1.54) is 27.6 Å². The van der Waals surface area contributed by atoms with Crippen LogP contribution in [0.1, 0.15) is 63.8 Å². The highest BCUT2D eigenvalue weighted by Gasteiger charge is 2.56. The van der Waals surface area contributed by atoms with Crippen LogP contribution in [-0.2, 0) is 16.4 Å². The van der Waals surface area contributed by atoms with Crippen LogP contribution < -0.4 is 4.57 Å². The summed E-state index contributed by atoms with van der Waals surface area (Å²) < 4.78 is 18.0. The van der Waals surface area contributed by atoms with Crippen molar-refractivity contribution in [3.8, 4) is 11.3 Å². The molecule has 5 rings (SSSR count). The van der Waals surface area contributed by atoms with E-state index in [1.807, 2.05) is 6.92 Å². The number of hydrogen-bond donors (Lipinski definition) is 0. The molecule has 0 amide bonds. The van der Waals surface area contributed by atoms with Gasteiger partial charge in [-0.25, -0.2) is 4.39 Å². The van der Waals surface area contributed by atoms with Crippen LogP contribution in [-0.4, -0.2) is 0 Å². The molecule has 0 spiro atoms. The number of aryl methyl sites for hydroxylation is 1. The smallest absolute Gasteiger partial charge is 0.206 e. The Morgan fingerprint density at radius 1 is 0.926 bits per heavy atom. The van der Waals surface area contributed by atoms with Crippen molar-refractivity contribution in [3.63, 3.8) is 0 Å². The molecule has 1 aliphatic carbocycles. The Bertz CT molecular complexity index is 1160. The van der Waals surface area contributed by atoms with Crippen LogP contribution in [0.3, 0.4) is 0 Å². The molecule has 2 aliphatic rings. The zero-order valence-corrected chi connectivity index (χ0v) is 17.3. The third-order valence-corrected chi connectivity index (χ3v) is 7.76. The highest BCUT2D eigenvalue weighted by Crippen LogP contribution is 2.56. The summed E-state index contributed by atoms with van der Waals surface area (Å²) in [5, 5.41) is 2.52. The molecular formula is C25H27FN+. The van der Waals surface area contributed by atoms with Crippen LogP contribution in [0.2, 0.25) is 0 Å². The fourth-order valence-electron chi connectivity index (χ4n) is 5.44. The van der Waals surface area contributed by atoms with Gasteiger partial charge in [0.2, 0.25) is 5.69 Å². The van der Waals surface area contributed by atoms with Crippen molar-refractivity contribution in [2.45, 2.75) is 64.8 Å². The summed E-state index contributed by atoms with van der Waals surface area (Å²) in [7, 11) is 0. The second kappa shape index (κ2) is 4.60. The maximum absolute atomic E-state index is 15.6. The van der Waals surface area contributed by atoms with E-state index in [0.29, 0.717) is 0 Å². The van der Waals surface area contributed by atoms with Gasteiger partial charge in [-0.05, 0) is 42.8 Å². The van der Waals surface area contributed by atoms with Crippen LogP contribution in [0.5, 0.6) is 0 Å². The molecule has 0 bridgehead atoms. The Hall–Kier alpha value is -2.22. The first-order valence-corrected chi connectivity index (χ1v) is 9.84. The lowest BCUT2D eigenvalue weighted by Gasteiger charge is -2.46. The molecule has 0 saturated heterocycles. The Labute approximate surface area is 160 Å². The number of pyridine rings is 1. The lowest BCUT2D eigenvalue weighted by molar-refractivity contribution is -0.759.